The second-order valence-corrected chi connectivity index (χ2v) is 12.2. The average Bonchev–Trinajstić information content (AvgIpc) is 3.00. The van der Waals surface area contributed by atoms with E-state index in [0.717, 1.165) is 96.6 Å². The molecule has 0 saturated heterocycles. The van der Waals surface area contributed by atoms with E-state index < -0.39 is 17.9 Å². The van der Waals surface area contributed by atoms with Gasteiger partial charge in [-0.25, -0.2) is 0 Å². The van der Waals surface area contributed by atoms with Gasteiger partial charge in [0.1, 0.15) is 5.78 Å². The zero-order chi connectivity index (χ0) is 35.5. The molecule has 0 amide bonds. The molecular weight excluding hydrogens is 584 g/mol. The van der Waals surface area contributed by atoms with Gasteiger partial charge in [0.05, 0.1) is 0 Å². The smallest absolute Gasteiger partial charge is 0.303 e. The third kappa shape index (κ3) is 68.9. The number of carboxylic acid groups (broad SMARTS) is 3. The Morgan fingerprint density at radius 1 is 0.370 bits per heavy atom. The fourth-order valence-corrected chi connectivity index (χ4v) is 4.47. The molecule has 0 heterocycles. The summed E-state index contributed by atoms with van der Waals surface area (Å²) in [5.41, 5.74) is 10.7. The van der Waals surface area contributed by atoms with Crippen LogP contribution in [0.2, 0.25) is 0 Å². The van der Waals surface area contributed by atoms with Crippen molar-refractivity contribution in [2.45, 2.75) is 201 Å². The minimum absolute atomic E-state index is 0.276. The number of carboxylic acids is 3. The van der Waals surface area contributed by atoms with Gasteiger partial charge >= 0.3 is 17.9 Å². The first-order chi connectivity index (χ1) is 22.1. The third-order valence-electron chi connectivity index (χ3n) is 7.32. The molecule has 0 fully saturated rings. The molecule has 9 nitrogen and oxygen atoms in total. The van der Waals surface area contributed by atoms with Crippen molar-refractivity contribution in [1.29, 1.82) is 0 Å². The molecule has 0 bridgehead atoms. The van der Waals surface area contributed by atoms with Crippen LogP contribution in [0.25, 0.3) is 0 Å². The minimum Gasteiger partial charge on any atom is -0.481 e. The fraction of sp³-hybridized carbons (Fsp3) is 0.892. The summed E-state index contributed by atoms with van der Waals surface area (Å²) in [6.45, 7) is 7.70. The second-order valence-electron chi connectivity index (χ2n) is 12.2. The molecule has 7 N–H and O–H groups in total. The van der Waals surface area contributed by atoms with Crippen LogP contribution in [0.5, 0.6) is 0 Å². The van der Waals surface area contributed by atoms with Gasteiger partial charge in [-0.2, -0.15) is 0 Å². The van der Waals surface area contributed by atoms with Crippen LogP contribution in [0.15, 0.2) is 0 Å². The van der Waals surface area contributed by atoms with Crippen LogP contribution in [0, 0.1) is 0 Å². The Morgan fingerprint density at radius 3 is 0.826 bits per heavy atom. The van der Waals surface area contributed by atoms with E-state index in [9.17, 15) is 19.2 Å². The standard InChI is InChI=1S/C12H22O4.C11H23NO2.C8H16O.C6H15N/c13-11(14)9-7-5-3-1-2-4-6-8-10-12(15)16;12-10-8-6-4-2-1-3-5-7-9-11(13)14;1-3-4-5-6-7-8(2)9;1-2-3-4-5-6-7/h1-10H2,(H,13,14)(H,15,16);1-10,12H2,(H,13,14);3-7H2,1-2H3;2-7H2,1H3. The molecular formula is C37H76N2O7. The molecule has 0 aliphatic rings. The van der Waals surface area contributed by atoms with Crippen LogP contribution in [0.1, 0.15) is 201 Å². The monoisotopic (exact) mass is 661 g/mol. The number of Topliss-reactive ketones (excluding diaryl/α,β-unsaturated/α-hetero) is 1. The number of hydrogen-bond donors (Lipinski definition) is 5. The predicted molar refractivity (Wildman–Crippen MR) is 192 cm³/mol. The number of aliphatic carboxylic acids is 3. The lowest BCUT2D eigenvalue weighted by Gasteiger charge is -2.00. The van der Waals surface area contributed by atoms with E-state index in [2.05, 4.69) is 13.8 Å². The lowest BCUT2D eigenvalue weighted by atomic mass is 10.1. The van der Waals surface area contributed by atoms with Gasteiger partial charge in [-0.3, -0.25) is 14.4 Å². The van der Waals surface area contributed by atoms with Crippen molar-refractivity contribution in [3.05, 3.63) is 0 Å². The van der Waals surface area contributed by atoms with Gasteiger partial charge in [0.25, 0.3) is 0 Å². The molecule has 0 aliphatic carbocycles. The zero-order valence-electron chi connectivity index (χ0n) is 30.3. The number of unbranched alkanes of at least 4 members (excludes halogenated alkanes) is 20. The van der Waals surface area contributed by atoms with Crippen LogP contribution in [0.4, 0.5) is 0 Å². The van der Waals surface area contributed by atoms with E-state index in [1.165, 1.54) is 77.0 Å². The van der Waals surface area contributed by atoms with Crippen molar-refractivity contribution in [2.24, 2.45) is 11.5 Å². The molecule has 0 spiro atoms. The number of carbonyl (C=O) groups is 4. The molecule has 276 valence electrons. The van der Waals surface area contributed by atoms with Crippen molar-refractivity contribution in [3.63, 3.8) is 0 Å². The maximum atomic E-state index is 10.4. The SMILES string of the molecule is CCCCCCC(C)=O.CCCCCCN.NCCCCCCCCCCC(=O)O.O=C(O)CCCCCCCCCCC(=O)O. The van der Waals surface area contributed by atoms with Crippen LogP contribution < -0.4 is 11.5 Å². The Bertz CT molecular complexity index is 619. The summed E-state index contributed by atoms with van der Waals surface area (Å²) in [7, 11) is 0. The van der Waals surface area contributed by atoms with E-state index in [-0.39, 0.29) is 12.8 Å². The van der Waals surface area contributed by atoms with E-state index >= 15 is 0 Å². The summed E-state index contributed by atoms with van der Waals surface area (Å²) >= 11 is 0. The quantitative estimate of drug-likeness (QED) is 0.0468. The zero-order valence-corrected chi connectivity index (χ0v) is 30.3. The van der Waals surface area contributed by atoms with Crippen LogP contribution >= 0.6 is 0 Å². The largest absolute Gasteiger partial charge is 0.481 e. The summed E-state index contributed by atoms with van der Waals surface area (Å²) in [5.74, 6) is -1.78. The van der Waals surface area contributed by atoms with Gasteiger partial charge in [0.15, 0.2) is 0 Å². The highest BCUT2D eigenvalue weighted by Gasteiger charge is 1.99. The molecule has 0 aromatic carbocycles. The molecule has 0 atom stereocenters. The minimum atomic E-state index is -0.714. The van der Waals surface area contributed by atoms with Crippen molar-refractivity contribution >= 4 is 23.7 Å². The van der Waals surface area contributed by atoms with Crippen molar-refractivity contribution in [2.75, 3.05) is 13.1 Å². The lowest BCUT2D eigenvalue weighted by Crippen LogP contribution is -1.97. The number of ketones is 1. The van der Waals surface area contributed by atoms with Crippen LogP contribution in [-0.4, -0.2) is 52.1 Å². The first kappa shape index (κ1) is 50.8. The molecule has 0 aliphatic heterocycles. The summed E-state index contributed by atoms with van der Waals surface area (Å²) < 4.78 is 0. The summed E-state index contributed by atoms with van der Waals surface area (Å²) in [6, 6.07) is 0. The molecule has 0 radical (unpaired) electrons. The Morgan fingerprint density at radius 2 is 0.587 bits per heavy atom. The van der Waals surface area contributed by atoms with E-state index in [1.54, 1.807) is 6.92 Å². The maximum Gasteiger partial charge on any atom is 0.303 e. The Balaban J connectivity index is -0.000000268. The number of carbonyl (C=O) groups excluding carboxylic acids is 1. The van der Waals surface area contributed by atoms with Gasteiger partial charge in [-0.05, 0) is 58.5 Å². The Hall–Kier alpha value is -2.00. The summed E-state index contributed by atoms with van der Waals surface area (Å²) in [4.78, 5) is 41.0. The number of rotatable bonds is 30. The molecule has 0 aromatic rings. The molecule has 46 heavy (non-hydrogen) atoms. The molecule has 0 saturated carbocycles. The van der Waals surface area contributed by atoms with Crippen LogP contribution in [0.3, 0.4) is 0 Å². The third-order valence-corrected chi connectivity index (χ3v) is 7.32. The van der Waals surface area contributed by atoms with Crippen molar-refractivity contribution in [3.8, 4) is 0 Å². The highest BCUT2D eigenvalue weighted by atomic mass is 16.4. The highest BCUT2D eigenvalue weighted by molar-refractivity contribution is 5.75. The van der Waals surface area contributed by atoms with Crippen molar-refractivity contribution in [1.82, 2.24) is 0 Å². The molecule has 0 rings (SSSR count). The van der Waals surface area contributed by atoms with Gasteiger partial charge < -0.3 is 31.6 Å². The Labute approximate surface area is 283 Å². The van der Waals surface area contributed by atoms with Gasteiger partial charge in [-0.1, -0.05) is 129 Å². The number of nitrogens with two attached hydrogens (primary N) is 2. The first-order valence-electron chi connectivity index (χ1n) is 18.6. The second kappa shape index (κ2) is 47.4. The molecule has 0 aromatic heterocycles. The normalized spacial score (nSPS) is 10.0. The van der Waals surface area contributed by atoms with Crippen molar-refractivity contribution < 1.29 is 34.5 Å². The lowest BCUT2D eigenvalue weighted by molar-refractivity contribution is -0.138. The van der Waals surface area contributed by atoms with Gasteiger partial charge in [0.2, 0.25) is 0 Å². The predicted octanol–water partition coefficient (Wildman–Crippen LogP) is 9.67. The Kier molecular flexibility index (Phi) is 52.4. The average molecular weight is 661 g/mol. The first-order valence-corrected chi connectivity index (χ1v) is 18.6. The van der Waals surface area contributed by atoms with E-state index in [4.69, 9.17) is 26.8 Å². The van der Waals surface area contributed by atoms with Crippen LogP contribution in [-0.2, 0) is 19.2 Å². The summed E-state index contributed by atoms with van der Waals surface area (Å²) in [6.07, 6.45) is 28.8. The topological polar surface area (TPSA) is 181 Å². The van der Waals surface area contributed by atoms with Gasteiger partial charge in [0, 0.05) is 25.7 Å². The molecule has 0 unspecified atom stereocenters. The summed E-state index contributed by atoms with van der Waals surface area (Å²) in [5, 5.41) is 25.2. The highest BCUT2D eigenvalue weighted by Crippen LogP contribution is 2.11. The number of hydrogen-bond acceptors (Lipinski definition) is 6. The molecule has 9 heteroatoms. The maximum absolute atomic E-state index is 10.4. The fourth-order valence-electron chi connectivity index (χ4n) is 4.47. The van der Waals surface area contributed by atoms with E-state index in [0.29, 0.717) is 12.2 Å². The van der Waals surface area contributed by atoms with Gasteiger partial charge in [-0.15, -0.1) is 0 Å². The van der Waals surface area contributed by atoms with E-state index in [1.807, 2.05) is 0 Å².